The molecule has 6 rings (SSSR count). The van der Waals surface area contributed by atoms with Crippen molar-refractivity contribution in [3.8, 4) is 11.3 Å². The highest BCUT2D eigenvalue weighted by atomic mass is 19.1. The van der Waals surface area contributed by atoms with Gasteiger partial charge in [0.25, 0.3) is 0 Å². The normalized spacial score (nSPS) is 17.9. The molecule has 1 saturated carbocycles. The van der Waals surface area contributed by atoms with Crippen LogP contribution in [0.4, 0.5) is 8.78 Å². The summed E-state index contributed by atoms with van der Waals surface area (Å²) in [6.45, 7) is 4.54. The molecule has 4 heterocycles. The van der Waals surface area contributed by atoms with Gasteiger partial charge in [-0.2, -0.15) is 5.10 Å². The highest BCUT2D eigenvalue weighted by Crippen LogP contribution is 2.36. The molecule has 1 aliphatic carbocycles. The van der Waals surface area contributed by atoms with Crippen LogP contribution in [0.3, 0.4) is 0 Å². The highest BCUT2D eigenvalue weighted by molar-refractivity contribution is 5.86. The number of benzene rings is 1. The van der Waals surface area contributed by atoms with Gasteiger partial charge in [0.15, 0.2) is 5.65 Å². The molecule has 1 saturated heterocycles. The van der Waals surface area contributed by atoms with Gasteiger partial charge >= 0.3 is 0 Å². The van der Waals surface area contributed by atoms with Gasteiger partial charge in [-0.05, 0) is 58.1 Å². The van der Waals surface area contributed by atoms with E-state index in [0.717, 1.165) is 30.5 Å². The fourth-order valence-corrected chi connectivity index (χ4v) is 3.98. The fraction of sp³-hybridized carbons (Fsp3) is 0.400. The summed E-state index contributed by atoms with van der Waals surface area (Å²) in [6.07, 6.45) is 12.0. The molecular formula is C25H26F2N6O. The number of ether oxygens (including phenoxy) is 1. The van der Waals surface area contributed by atoms with Crippen molar-refractivity contribution in [3.63, 3.8) is 0 Å². The zero-order valence-corrected chi connectivity index (χ0v) is 19.2. The minimum Gasteiger partial charge on any atom is -0.373 e. The van der Waals surface area contributed by atoms with Gasteiger partial charge in [-0.3, -0.25) is 4.68 Å². The molecule has 0 N–H and O–H groups in total. The average Bonchev–Trinajstić information content (AvgIpc) is 3.57. The zero-order chi connectivity index (χ0) is 23.7. The summed E-state index contributed by atoms with van der Waals surface area (Å²) in [4.78, 5) is 16.8. The predicted molar refractivity (Wildman–Crippen MR) is 123 cm³/mol. The SMILES string of the molecule is Cc1nc2ncnc(-c3ccc(F)cc3F)c2nc1C.c1nn(C2CC2)cc1C1CCCCO1. The van der Waals surface area contributed by atoms with Gasteiger partial charge in [0.2, 0.25) is 0 Å². The van der Waals surface area contributed by atoms with Gasteiger partial charge in [-0.1, -0.05) is 0 Å². The van der Waals surface area contributed by atoms with E-state index >= 15 is 0 Å². The summed E-state index contributed by atoms with van der Waals surface area (Å²) in [6, 6.07) is 4.02. The molecule has 1 atom stereocenters. The number of halogens is 2. The minimum atomic E-state index is -0.690. The fourth-order valence-electron chi connectivity index (χ4n) is 3.98. The van der Waals surface area contributed by atoms with Crippen molar-refractivity contribution >= 4 is 11.2 Å². The van der Waals surface area contributed by atoms with Crippen LogP contribution in [0.1, 0.15) is 61.2 Å². The van der Waals surface area contributed by atoms with E-state index in [1.807, 2.05) is 13.1 Å². The van der Waals surface area contributed by atoms with E-state index < -0.39 is 11.6 Å². The van der Waals surface area contributed by atoms with E-state index in [1.54, 1.807) is 6.92 Å². The van der Waals surface area contributed by atoms with E-state index in [4.69, 9.17) is 4.74 Å². The maximum absolute atomic E-state index is 13.9. The number of aromatic nitrogens is 6. The Morgan fingerprint density at radius 3 is 2.56 bits per heavy atom. The van der Waals surface area contributed by atoms with Gasteiger partial charge in [0.05, 0.1) is 29.7 Å². The molecule has 34 heavy (non-hydrogen) atoms. The molecular weight excluding hydrogens is 438 g/mol. The molecule has 0 spiro atoms. The maximum Gasteiger partial charge on any atom is 0.182 e. The molecule has 4 aromatic rings. The Morgan fingerprint density at radius 1 is 1.00 bits per heavy atom. The first-order chi connectivity index (χ1) is 16.5. The maximum atomic E-state index is 13.9. The molecule has 2 aliphatic rings. The van der Waals surface area contributed by atoms with Crippen molar-refractivity contribution < 1.29 is 13.5 Å². The van der Waals surface area contributed by atoms with Crippen LogP contribution in [0.15, 0.2) is 36.9 Å². The summed E-state index contributed by atoms with van der Waals surface area (Å²) in [5.74, 6) is -1.33. The monoisotopic (exact) mass is 464 g/mol. The van der Waals surface area contributed by atoms with E-state index in [2.05, 4.69) is 35.9 Å². The molecule has 2 fully saturated rings. The first-order valence-electron chi connectivity index (χ1n) is 11.6. The Balaban J connectivity index is 0.000000150. The lowest BCUT2D eigenvalue weighted by molar-refractivity contribution is 0.0149. The first kappa shape index (κ1) is 22.5. The molecule has 0 amide bonds. The number of nitrogens with zero attached hydrogens (tertiary/aromatic N) is 6. The van der Waals surface area contributed by atoms with Crippen molar-refractivity contribution in [2.24, 2.45) is 0 Å². The predicted octanol–water partition coefficient (Wildman–Crippen LogP) is 5.44. The molecule has 1 unspecified atom stereocenters. The van der Waals surface area contributed by atoms with Crippen molar-refractivity contribution in [3.05, 3.63) is 65.5 Å². The van der Waals surface area contributed by atoms with Gasteiger partial charge in [0, 0.05) is 30.0 Å². The molecule has 0 bridgehead atoms. The minimum absolute atomic E-state index is 0.177. The van der Waals surface area contributed by atoms with Crippen LogP contribution in [0, 0.1) is 25.5 Å². The Morgan fingerprint density at radius 2 is 1.82 bits per heavy atom. The second-order valence-corrected chi connectivity index (χ2v) is 8.75. The molecule has 7 nitrogen and oxygen atoms in total. The molecule has 9 heteroatoms. The molecule has 176 valence electrons. The second kappa shape index (κ2) is 9.50. The lowest BCUT2D eigenvalue weighted by Gasteiger charge is -2.21. The Hall–Kier alpha value is -3.33. The van der Waals surface area contributed by atoms with Crippen LogP contribution in [0.5, 0.6) is 0 Å². The zero-order valence-electron chi connectivity index (χ0n) is 19.2. The van der Waals surface area contributed by atoms with Crippen LogP contribution in [0.25, 0.3) is 22.4 Å². The second-order valence-electron chi connectivity index (χ2n) is 8.75. The van der Waals surface area contributed by atoms with Crippen LogP contribution >= 0.6 is 0 Å². The molecule has 1 aliphatic heterocycles. The van der Waals surface area contributed by atoms with Crippen LogP contribution < -0.4 is 0 Å². The smallest absolute Gasteiger partial charge is 0.182 e. The molecule has 0 radical (unpaired) electrons. The standard InChI is InChI=1S/C14H10F2N4.C11H16N2O/c1-7-8(2)20-14-13(19-7)12(17-6-18-14)10-4-3-9(15)5-11(10)16;1-2-6-14-11(3-1)9-7-12-13(8-9)10-4-5-10/h3-6H,1-2H3;7-8,10-11H,1-6H2. The summed E-state index contributed by atoms with van der Waals surface area (Å²) >= 11 is 0. The Kier molecular flexibility index (Phi) is 6.28. The van der Waals surface area contributed by atoms with Gasteiger partial charge in [0.1, 0.15) is 29.2 Å². The first-order valence-corrected chi connectivity index (χ1v) is 11.6. The number of hydrogen-bond acceptors (Lipinski definition) is 6. The Bertz CT molecular complexity index is 1310. The van der Waals surface area contributed by atoms with Gasteiger partial charge in [-0.15, -0.1) is 0 Å². The number of hydrogen-bond donors (Lipinski definition) is 0. The van der Waals surface area contributed by atoms with E-state index in [-0.39, 0.29) is 5.56 Å². The van der Waals surface area contributed by atoms with Crippen LogP contribution in [0.2, 0.25) is 0 Å². The number of fused-ring (bicyclic) bond motifs is 1. The Labute approximate surface area is 196 Å². The third kappa shape index (κ3) is 4.79. The van der Waals surface area contributed by atoms with Crippen molar-refractivity contribution in [1.29, 1.82) is 0 Å². The third-order valence-corrected chi connectivity index (χ3v) is 6.16. The van der Waals surface area contributed by atoms with Crippen molar-refractivity contribution in [1.82, 2.24) is 29.7 Å². The largest absolute Gasteiger partial charge is 0.373 e. The summed E-state index contributed by atoms with van der Waals surface area (Å²) in [5, 5.41) is 4.39. The lowest BCUT2D eigenvalue weighted by Crippen LogP contribution is -2.10. The van der Waals surface area contributed by atoms with Crippen molar-refractivity contribution in [2.75, 3.05) is 6.61 Å². The van der Waals surface area contributed by atoms with E-state index in [0.29, 0.717) is 29.0 Å². The summed E-state index contributed by atoms with van der Waals surface area (Å²) in [7, 11) is 0. The summed E-state index contributed by atoms with van der Waals surface area (Å²) < 4.78 is 34.7. The van der Waals surface area contributed by atoms with E-state index in [9.17, 15) is 8.78 Å². The molecule has 3 aromatic heterocycles. The lowest BCUT2D eigenvalue weighted by atomic mass is 10.0. The van der Waals surface area contributed by atoms with Crippen LogP contribution in [-0.2, 0) is 4.74 Å². The molecule has 1 aromatic carbocycles. The quantitative estimate of drug-likeness (QED) is 0.402. The average molecular weight is 465 g/mol. The topological polar surface area (TPSA) is 78.6 Å². The van der Waals surface area contributed by atoms with Gasteiger partial charge in [-0.25, -0.2) is 28.7 Å². The number of rotatable bonds is 3. The van der Waals surface area contributed by atoms with Crippen LogP contribution in [-0.4, -0.2) is 36.3 Å². The van der Waals surface area contributed by atoms with Gasteiger partial charge < -0.3 is 4.74 Å². The highest BCUT2D eigenvalue weighted by Gasteiger charge is 2.26. The number of aryl methyl sites for hydroxylation is 2. The third-order valence-electron chi connectivity index (χ3n) is 6.16. The summed E-state index contributed by atoms with van der Waals surface area (Å²) in [5.41, 5.74) is 4.02. The van der Waals surface area contributed by atoms with E-state index in [1.165, 1.54) is 49.7 Å². The van der Waals surface area contributed by atoms with Crippen molar-refractivity contribution in [2.45, 2.75) is 58.1 Å².